The highest BCUT2D eigenvalue weighted by atomic mass is 35.5. The van der Waals surface area contributed by atoms with Crippen molar-refractivity contribution >= 4 is 23.2 Å². The van der Waals surface area contributed by atoms with Gasteiger partial charge in [-0.15, -0.1) is 0 Å². The van der Waals surface area contributed by atoms with Crippen LogP contribution in [0.5, 0.6) is 0 Å². The van der Waals surface area contributed by atoms with Crippen LogP contribution in [-0.2, 0) is 6.54 Å². The molecule has 5 nitrogen and oxygen atoms in total. The molecule has 4 rings (SSSR count). The second-order valence-electron chi connectivity index (χ2n) is 7.72. The summed E-state index contributed by atoms with van der Waals surface area (Å²) in [5.41, 5.74) is 4.10. The minimum Gasteiger partial charge on any atom is -0.467 e. The molecule has 2 heterocycles. The lowest BCUT2D eigenvalue weighted by Gasteiger charge is -2.21. The maximum atomic E-state index is 13.5. The summed E-state index contributed by atoms with van der Waals surface area (Å²) in [6, 6.07) is 18.0. The Bertz CT molecular complexity index is 1350. The van der Waals surface area contributed by atoms with Gasteiger partial charge in [0.25, 0.3) is 5.91 Å². The molecule has 0 bridgehead atoms. The third kappa shape index (κ3) is 4.12. The number of aromatic nitrogens is 1. The minimum absolute atomic E-state index is 0.0381. The second-order valence-corrected chi connectivity index (χ2v) is 8.13. The van der Waals surface area contributed by atoms with E-state index in [1.54, 1.807) is 18.4 Å². The number of amides is 1. The van der Waals surface area contributed by atoms with Crippen molar-refractivity contribution in [3.05, 3.63) is 110 Å². The van der Waals surface area contributed by atoms with Crippen LogP contribution in [0.25, 0.3) is 11.3 Å². The lowest BCUT2D eigenvalue weighted by atomic mass is 10.0. The number of hydrogen-bond acceptors (Lipinski definition) is 3. The molecular formula is C26H23ClN2O3. The number of benzene rings is 2. The van der Waals surface area contributed by atoms with E-state index in [9.17, 15) is 9.59 Å². The summed E-state index contributed by atoms with van der Waals surface area (Å²) in [5.74, 6) is 0.220. The highest BCUT2D eigenvalue weighted by Gasteiger charge is 2.24. The van der Waals surface area contributed by atoms with Gasteiger partial charge in [0.1, 0.15) is 11.3 Å². The van der Waals surface area contributed by atoms with E-state index >= 15 is 0 Å². The van der Waals surface area contributed by atoms with Crippen LogP contribution < -0.4 is 10.7 Å². The minimum atomic E-state index is -0.480. The van der Waals surface area contributed by atoms with Crippen LogP contribution in [0.15, 0.2) is 76.1 Å². The Morgan fingerprint density at radius 1 is 1.03 bits per heavy atom. The Labute approximate surface area is 191 Å². The van der Waals surface area contributed by atoms with Gasteiger partial charge >= 0.3 is 0 Å². The lowest BCUT2D eigenvalue weighted by Crippen LogP contribution is -2.27. The van der Waals surface area contributed by atoms with Gasteiger partial charge < -0.3 is 14.3 Å². The average molecular weight is 447 g/mol. The number of aryl methyl sites for hydroxylation is 2. The van der Waals surface area contributed by atoms with Crippen molar-refractivity contribution in [2.45, 2.75) is 27.3 Å². The van der Waals surface area contributed by atoms with Gasteiger partial charge in [0, 0.05) is 28.0 Å². The fourth-order valence-corrected chi connectivity index (χ4v) is 3.98. The summed E-state index contributed by atoms with van der Waals surface area (Å²) in [6.07, 6.45) is 1.59. The van der Waals surface area contributed by atoms with E-state index in [-0.39, 0.29) is 11.0 Å². The van der Waals surface area contributed by atoms with E-state index < -0.39 is 5.91 Å². The van der Waals surface area contributed by atoms with Crippen LogP contribution in [0.2, 0.25) is 5.02 Å². The molecule has 6 heteroatoms. The third-order valence-electron chi connectivity index (χ3n) is 5.62. The molecule has 162 valence electrons. The van der Waals surface area contributed by atoms with Crippen molar-refractivity contribution in [1.82, 2.24) is 4.57 Å². The van der Waals surface area contributed by atoms with Gasteiger partial charge in [0.05, 0.1) is 18.5 Å². The van der Waals surface area contributed by atoms with Gasteiger partial charge in [-0.05, 0) is 56.2 Å². The smallest absolute Gasteiger partial charge is 0.261 e. The first-order valence-electron chi connectivity index (χ1n) is 10.3. The summed E-state index contributed by atoms with van der Waals surface area (Å²) in [4.78, 5) is 26.6. The topological polar surface area (TPSA) is 64.2 Å². The van der Waals surface area contributed by atoms with E-state index in [4.69, 9.17) is 16.0 Å². The summed E-state index contributed by atoms with van der Waals surface area (Å²) in [5, 5.41) is 3.37. The van der Waals surface area contributed by atoms with Crippen molar-refractivity contribution in [3.8, 4) is 11.3 Å². The van der Waals surface area contributed by atoms with Gasteiger partial charge in [-0.25, -0.2) is 0 Å². The van der Waals surface area contributed by atoms with Crippen LogP contribution in [0.1, 0.15) is 32.9 Å². The molecule has 0 spiro atoms. The van der Waals surface area contributed by atoms with Crippen molar-refractivity contribution in [3.63, 3.8) is 0 Å². The van der Waals surface area contributed by atoms with Crippen molar-refractivity contribution in [2.75, 3.05) is 5.32 Å². The van der Waals surface area contributed by atoms with Gasteiger partial charge in [-0.2, -0.15) is 0 Å². The van der Waals surface area contributed by atoms with Gasteiger partial charge in [-0.1, -0.05) is 41.9 Å². The number of carbonyl (C=O) groups excluding carboxylic acids is 1. The first-order chi connectivity index (χ1) is 15.4. The van der Waals surface area contributed by atoms with Crippen LogP contribution in [-0.4, -0.2) is 10.5 Å². The average Bonchev–Trinajstić information content (AvgIpc) is 3.27. The van der Waals surface area contributed by atoms with Gasteiger partial charge in [0.2, 0.25) is 0 Å². The maximum absolute atomic E-state index is 13.5. The Balaban J connectivity index is 1.93. The zero-order valence-electron chi connectivity index (χ0n) is 18.1. The second kappa shape index (κ2) is 8.89. The van der Waals surface area contributed by atoms with Gasteiger partial charge in [0.15, 0.2) is 5.43 Å². The zero-order chi connectivity index (χ0) is 22.8. The molecule has 1 amide bonds. The summed E-state index contributed by atoms with van der Waals surface area (Å²) in [6.45, 7) is 6.09. The fraction of sp³-hybridized carbons (Fsp3) is 0.154. The first kappa shape index (κ1) is 21.7. The third-order valence-corrected chi connectivity index (χ3v) is 5.95. The van der Waals surface area contributed by atoms with Crippen molar-refractivity contribution in [2.24, 2.45) is 0 Å². The van der Waals surface area contributed by atoms with Crippen LogP contribution in [0, 0.1) is 20.8 Å². The number of nitrogens with zero attached hydrogens (tertiary/aromatic N) is 1. The van der Waals surface area contributed by atoms with E-state index in [0.717, 1.165) is 11.1 Å². The number of hydrogen-bond donors (Lipinski definition) is 1. The molecule has 32 heavy (non-hydrogen) atoms. The summed E-state index contributed by atoms with van der Waals surface area (Å²) >= 11 is 6.53. The standard InChI is InChI=1S/C26H23ClN2O3/c1-16-8-6-12-22(18(16)3)28-26(31)24-23(30)14-17(2)29(15-19-9-7-13-32-19)25(24)20-10-4-5-11-21(20)27/h4-14H,15H2,1-3H3,(H,28,31). The Kier molecular flexibility index (Phi) is 6.01. The molecule has 0 unspecified atom stereocenters. The molecule has 0 radical (unpaired) electrons. The molecule has 4 aromatic rings. The molecule has 0 atom stereocenters. The molecule has 1 N–H and O–H groups in total. The van der Waals surface area contributed by atoms with Crippen molar-refractivity contribution < 1.29 is 9.21 Å². The highest BCUT2D eigenvalue weighted by Crippen LogP contribution is 2.31. The van der Waals surface area contributed by atoms with E-state index in [0.29, 0.717) is 40.0 Å². The summed E-state index contributed by atoms with van der Waals surface area (Å²) in [7, 11) is 0. The predicted octanol–water partition coefficient (Wildman–Crippen LogP) is 5.99. The molecule has 2 aromatic carbocycles. The quantitative estimate of drug-likeness (QED) is 0.409. The molecule has 0 saturated carbocycles. The summed E-state index contributed by atoms with van der Waals surface area (Å²) < 4.78 is 7.42. The monoisotopic (exact) mass is 446 g/mol. The van der Waals surface area contributed by atoms with Crippen molar-refractivity contribution in [1.29, 1.82) is 0 Å². The van der Waals surface area contributed by atoms with E-state index in [1.165, 1.54) is 6.07 Å². The SMILES string of the molecule is Cc1cccc(NC(=O)c2c(-c3ccccc3Cl)n(Cc3ccco3)c(C)cc2=O)c1C. The number of anilines is 1. The molecule has 0 aliphatic rings. The number of carbonyl (C=O) groups is 1. The molecular weight excluding hydrogens is 424 g/mol. The van der Waals surface area contributed by atoms with Crippen LogP contribution in [0.3, 0.4) is 0 Å². The Morgan fingerprint density at radius 3 is 2.53 bits per heavy atom. The molecule has 0 saturated heterocycles. The molecule has 0 fully saturated rings. The lowest BCUT2D eigenvalue weighted by molar-refractivity contribution is 0.102. The van der Waals surface area contributed by atoms with Gasteiger partial charge in [-0.3, -0.25) is 9.59 Å². The van der Waals surface area contributed by atoms with Crippen LogP contribution in [0.4, 0.5) is 5.69 Å². The maximum Gasteiger partial charge on any atom is 0.261 e. The first-order valence-corrected chi connectivity index (χ1v) is 10.6. The largest absolute Gasteiger partial charge is 0.467 e. The number of nitrogens with one attached hydrogen (secondary N) is 1. The molecule has 0 aliphatic heterocycles. The fourth-order valence-electron chi connectivity index (χ4n) is 3.75. The molecule has 2 aromatic heterocycles. The zero-order valence-corrected chi connectivity index (χ0v) is 18.9. The number of halogens is 1. The number of pyridine rings is 1. The van der Waals surface area contributed by atoms with E-state index in [1.807, 2.05) is 67.8 Å². The predicted molar refractivity (Wildman–Crippen MR) is 128 cm³/mol. The van der Waals surface area contributed by atoms with Crippen LogP contribution >= 0.6 is 11.6 Å². The molecule has 0 aliphatic carbocycles. The Hall–Kier alpha value is -3.57. The number of furan rings is 1. The van der Waals surface area contributed by atoms with E-state index in [2.05, 4.69) is 5.32 Å². The Morgan fingerprint density at radius 2 is 1.81 bits per heavy atom. The normalized spacial score (nSPS) is 10.9. The number of rotatable bonds is 5. The highest BCUT2D eigenvalue weighted by molar-refractivity contribution is 6.33.